The van der Waals surface area contributed by atoms with E-state index in [0.29, 0.717) is 11.8 Å². The van der Waals surface area contributed by atoms with E-state index in [2.05, 4.69) is 15.2 Å². The SMILES string of the molecule is O=C(N1CC2(CC(Oc3ncc(F)cc3Cl)C2)C1)N1CC2(CC(c3nc(C4CC4)n[nH]3)C2)C1. The highest BCUT2D eigenvalue weighted by Crippen LogP contribution is 2.56. The van der Waals surface area contributed by atoms with Crippen molar-refractivity contribution in [2.24, 2.45) is 10.8 Å². The van der Waals surface area contributed by atoms with Crippen LogP contribution in [0, 0.1) is 16.6 Å². The summed E-state index contributed by atoms with van der Waals surface area (Å²) in [5, 5.41) is 7.72. The molecule has 8 nitrogen and oxygen atoms in total. The topological polar surface area (TPSA) is 87.2 Å². The molecule has 4 heterocycles. The summed E-state index contributed by atoms with van der Waals surface area (Å²) in [5.41, 5.74) is 0.439. The van der Waals surface area contributed by atoms with E-state index < -0.39 is 5.82 Å². The highest BCUT2D eigenvalue weighted by atomic mass is 35.5. The maximum Gasteiger partial charge on any atom is 0.320 e. The molecule has 5 fully saturated rings. The number of amides is 2. The normalized spacial score (nSPS) is 25.4. The third-order valence-corrected chi connectivity index (χ3v) is 8.50. The molecule has 2 aromatic rings. The van der Waals surface area contributed by atoms with Gasteiger partial charge in [-0.3, -0.25) is 5.10 Å². The van der Waals surface area contributed by atoms with Gasteiger partial charge in [0.25, 0.3) is 0 Å². The second-order valence-electron chi connectivity index (χ2n) is 11.0. The van der Waals surface area contributed by atoms with E-state index >= 15 is 0 Å². The van der Waals surface area contributed by atoms with Crippen LogP contribution in [-0.2, 0) is 0 Å². The molecular formula is C23H26ClFN6O2. The summed E-state index contributed by atoms with van der Waals surface area (Å²) in [4.78, 5) is 25.5. The first-order valence-electron chi connectivity index (χ1n) is 11.8. The number of halogens is 2. The number of hydrogen-bond acceptors (Lipinski definition) is 5. The van der Waals surface area contributed by atoms with E-state index in [4.69, 9.17) is 21.3 Å². The Hall–Kier alpha value is -2.42. The van der Waals surface area contributed by atoms with Gasteiger partial charge in [0.05, 0.1) is 6.20 Å². The Bertz CT molecular complexity index is 1110. The second kappa shape index (κ2) is 6.81. The van der Waals surface area contributed by atoms with Crippen molar-refractivity contribution >= 4 is 17.6 Å². The van der Waals surface area contributed by atoms with E-state index in [1.807, 2.05) is 9.80 Å². The Kier molecular flexibility index (Phi) is 4.12. The molecule has 7 rings (SSSR count). The minimum atomic E-state index is -0.475. The second-order valence-corrected chi connectivity index (χ2v) is 11.4. The van der Waals surface area contributed by atoms with E-state index in [0.717, 1.165) is 69.7 Å². The van der Waals surface area contributed by atoms with Crippen LogP contribution in [-0.4, -0.2) is 68.3 Å². The van der Waals surface area contributed by atoms with Gasteiger partial charge in [-0.05, 0) is 44.6 Å². The molecule has 5 aliphatic rings. The van der Waals surface area contributed by atoms with Gasteiger partial charge in [0.1, 0.15) is 22.8 Å². The van der Waals surface area contributed by atoms with Crippen LogP contribution in [0.5, 0.6) is 5.88 Å². The average molecular weight is 473 g/mol. The van der Waals surface area contributed by atoms with Crippen LogP contribution in [0.4, 0.5) is 9.18 Å². The zero-order valence-electron chi connectivity index (χ0n) is 18.3. The molecule has 2 aliphatic heterocycles. The molecule has 174 valence electrons. The van der Waals surface area contributed by atoms with Gasteiger partial charge in [-0.2, -0.15) is 5.10 Å². The lowest BCUT2D eigenvalue weighted by Crippen LogP contribution is -2.71. The number of pyridine rings is 1. The summed E-state index contributed by atoms with van der Waals surface area (Å²) in [6.45, 7) is 3.28. The lowest BCUT2D eigenvalue weighted by molar-refractivity contribution is -0.118. The van der Waals surface area contributed by atoms with Crippen molar-refractivity contribution in [1.29, 1.82) is 0 Å². The summed E-state index contributed by atoms with van der Waals surface area (Å²) in [6.07, 6.45) is 7.50. The summed E-state index contributed by atoms with van der Waals surface area (Å²) >= 11 is 6.00. The van der Waals surface area contributed by atoms with Crippen molar-refractivity contribution in [3.8, 4) is 5.88 Å². The third kappa shape index (κ3) is 3.30. The summed E-state index contributed by atoms with van der Waals surface area (Å²) in [5.74, 6) is 2.88. The Morgan fingerprint density at radius 2 is 1.76 bits per heavy atom. The van der Waals surface area contributed by atoms with E-state index in [9.17, 15) is 9.18 Å². The maximum atomic E-state index is 13.1. The fourth-order valence-corrected chi connectivity index (χ4v) is 6.52. The van der Waals surface area contributed by atoms with Crippen LogP contribution in [0.1, 0.15) is 62.0 Å². The highest BCUT2D eigenvalue weighted by Gasteiger charge is 2.59. The molecule has 2 saturated heterocycles. The van der Waals surface area contributed by atoms with Crippen molar-refractivity contribution in [3.05, 3.63) is 34.8 Å². The van der Waals surface area contributed by atoms with Crippen LogP contribution in [0.15, 0.2) is 12.3 Å². The van der Waals surface area contributed by atoms with Crippen LogP contribution in [0.25, 0.3) is 0 Å². The number of urea groups is 1. The predicted molar refractivity (Wildman–Crippen MR) is 117 cm³/mol. The minimum absolute atomic E-state index is 0.0217. The van der Waals surface area contributed by atoms with Gasteiger partial charge in [-0.1, -0.05) is 11.6 Å². The molecule has 33 heavy (non-hydrogen) atoms. The fourth-order valence-electron chi connectivity index (χ4n) is 6.32. The highest BCUT2D eigenvalue weighted by molar-refractivity contribution is 6.31. The smallest absolute Gasteiger partial charge is 0.320 e. The number of aromatic nitrogens is 4. The first-order valence-corrected chi connectivity index (χ1v) is 12.2. The molecular weight excluding hydrogens is 447 g/mol. The van der Waals surface area contributed by atoms with Crippen LogP contribution in [0.3, 0.4) is 0 Å². The van der Waals surface area contributed by atoms with Crippen molar-refractivity contribution in [2.45, 2.75) is 56.5 Å². The molecule has 0 unspecified atom stereocenters. The molecule has 0 radical (unpaired) electrons. The molecule has 2 aromatic heterocycles. The van der Waals surface area contributed by atoms with Gasteiger partial charge in [-0.25, -0.2) is 19.2 Å². The predicted octanol–water partition coefficient (Wildman–Crippen LogP) is 3.71. The molecule has 1 N–H and O–H groups in total. The number of ether oxygens (including phenoxy) is 1. The van der Waals surface area contributed by atoms with Crippen LogP contribution in [0.2, 0.25) is 5.02 Å². The molecule has 3 aliphatic carbocycles. The summed E-state index contributed by atoms with van der Waals surface area (Å²) in [6, 6.07) is 1.38. The number of carbonyl (C=O) groups excluding carboxylic acids is 1. The number of nitrogens with one attached hydrogen (secondary N) is 1. The molecule has 0 atom stereocenters. The van der Waals surface area contributed by atoms with Gasteiger partial charge in [0.15, 0.2) is 5.82 Å². The number of hydrogen-bond donors (Lipinski definition) is 1. The molecule has 10 heteroatoms. The number of aromatic amines is 1. The third-order valence-electron chi connectivity index (χ3n) is 8.23. The monoisotopic (exact) mass is 472 g/mol. The first-order chi connectivity index (χ1) is 15.9. The zero-order valence-corrected chi connectivity index (χ0v) is 19.0. The van der Waals surface area contributed by atoms with Crippen molar-refractivity contribution in [1.82, 2.24) is 30.0 Å². The fraction of sp³-hybridized carbons (Fsp3) is 0.652. The number of H-pyrrole nitrogens is 1. The van der Waals surface area contributed by atoms with E-state index in [1.165, 1.54) is 18.9 Å². The Balaban J connectivity index is 0.856. The van der Waals surface area contributed by atoms with Crippen molar-refractivity contribution in [2.75, 3.05) is 26.2 Å². The number of carbonyl (C=O) groups is 1. The quantitative estimate of drug-likeness (QED) is 0.733. The van der Waals surface area contributed by atoms with Gasteiger partial charge in [0, 0.05) is 48.8 Å². The number of rotatable bonds is 4. The molecule has 0 bridgehead atoms. The molecule has 2 amide bonds. The average Bonchev–Trinajstić information content (AvgIpc) is 3.40. The Morgan fingerprint density at radius 1 is 1.09 bits per heavy atom. The van der Waals surface area contributed by atoms with Crippen LogP contribution < -0.4 is 4.74 Å². The zero-order chi connectivity index (χ0) is 22.4. The van der Waals surface area contributed by atoms with E-state index in [-0.39, 0.29) is 33.9 Å². The standard InChI is InChI=1S/C23H26ClFN6O2/c24-17-3-15(25)8-26-20(17)33-16-6-23(7-16)11-31(12-23)21(32)30-9-22(10-30)4-14(5-22)19-27-18(28-29-19)13-1-2-13/h3,8,13-14,16H,1-2,4-7,9-12H2,(H,27,28,29). The van der Waals surface area contributed by atoms with Gasteiger partial charge in [-0.15, -0.1) is 0 Å². The lowest BCUT2D eigenvalue weighted by atomic mass is 9.57. The van der Waals surface area contributed by atoms with Gasteiger partial charge in [0.2, 0.25) is 5.88 Å². The van der Waals surface area contributed by atoms with Gasteiger partial charge >= 0.3 is 6.03 Å². The number of likely N-dealkylation sites (tertiary alicyclic amines) is 2. The molecule has 2 spiro atoms. The first kappa shape index (κ1) is 20.0. The Labute approximate surface area is 195 Å². The molecule has 0 aromatic carbocycles. The summed E-state index contributed by atoms with van der Waals surface area (Å²) in [7, 11) is 0. The molecule has 3 saturated carbocycles. The largest absolute Gasteiger partial charge is 0.473 e. The summed E-state index contributed by atoms with van der Waals surface area (Å²) < 4.78 is 19.0. The number of nitrogens with zero attached hydrogens (tertiary/aromatic N) is 5. The van der Waals surface area contributed by atoms with Crippen LogP contribution >= 0.6 is 11.6 Å². The van der Waals surface area contributed by atoms with Crippen molar-refractivity contribution < 1.29 is 13.9 Å². The Morgan fingerprint density at radius 3 is 2.39 bits per heavy atom. The maximum absolute atomic E-state index is 13.1. The van der Waals surface area contributed by atoms with E-state index in [1.54, 1.807) is 0 Å². The van der Waals surface area contributed by atoms with Gasteiger partial charge < -0.3 is 14.5 Å². The lowest BCUT2D eigenvalue weighted by Gasteiger charge is -2.62. The minimum Gasteiger partial charge on any atom is -0.473 e. The van der Waals surface area contributed by atoms with Crippen molar-refractivity contribution in [3.63, 3.8) is 0 Å².